The average Bonchev–Trinajstić information content (AvgIpc) is 2.90. The van der Waals surface area contributed by atoms with E-state index in [0.717, 1.165) is 56.7 Å². The second-order valence-corrected chi connectivity index (χ2v) is 9.21. The second kappa shape index (κ2) is 11.3. The van der Waals surface area contributed by atoms with Gasteiger partial charge in [0.05, 0.1) is 18.9 Å². The number of rotatable bonds is 6. The Morgan fingerprint density at radius 2 is 1.61 bits per heavy atom. The number of hydrogen-bond acceptors (Lipinski definition) is 7. The van der Waals surface area contributed by atoms with Crippen molar-refractivity contribution in [2.45, 2.75) is 31.1 Å². The number of ether oxygens (including phenoxy) is 1. The predicted molar refractivity (Wildman–Crippen MR) is 133 cm³/mol. The van der Waals surface area contributed by atoms with Crippen LogP contribution in [0, 0.1) is 0 Å². The molecule has 7 nitrogen and oxygen atoms in total. The molecule has 2 saturated heterocycles. The zero-order valence-electron chi connectivity index (χ0n) is 20.3. The van der Waals surface area contributed by atoms with Crippen molar-refractivity contribution in [2.75, 3.05) is 51.3 Å². The van der Waals surface area contributed by atoms with E-state index in [2.05, 4.69) is 27.0 Å². The van der Waals surface area contributed by atoms with Gasteiger partial charge in [0.15, 0.2) is 0 Å². The van der Waals surface area contributed by atoms with E-state index in [1.807, 2.05) is 17.0 Å². The van der Waals surface area contributed by atoms with Gasteiger partial charge < -0.3 is 15.5 Å². The number of anilines is 1. The number of piperazine rings is 1. The van der Waals surface area contributed by atoms with Crippen LogP contribution in [0.4, 0.5) is 18.9 Å². The largest absolute Gasteiger partial charge is 0.468 e. The Hall–Kier alpha value is -3.11. The second-order valence-electron chi connectivity index (χ2n) is 9.21. The Kier molecular flexibility index (Phi) is 8.15. The SMILES string of the molecule is COC(=O)C(c1ccc(C(F)(F)F)cc1)N1CCC(N2CCN(c3ccc(C=NN)cc3)CC2)CC1. The molecule has 0 spiro atoms. The lowest BCUT2D eigenvalue weighted by Crippen LogP contribution is -2.54. The highest BCUT2D eigenvalue weighted by Crippen LogP contribution is 2.32. The number of carbonyl (C=O) groups excluding carboxylic acids is 1. The number of benzene rings is 2. The number of carbonyl (C=O) groups is 1. The van der Waals surface area contributed by atoms with Gasteiger partial charge in [-0.2, -0.15) is 18.3 Å². The number of esters is 1. The lowest BCUT2D eigenvalue weighted by atomic mass is 9.97. The molecule has 4 rings (SSSR count). The number of hydrazone groups is 1. The van der Waals surface area contributed by atoms with Gasteiger partial charge in [0.2, 0.25) is 0 Å². The summed E-state index contributed by atoms with van der Waals surface area (Å²) in [5, 5.41) is 3.55. The number of piperidine rings is 1. The molecular formula is C26H32F3N5O2. The Balaban J connectivity index is 1.33. The van der Waals surface area contributed by atoms with Gasteiger partial charge in [0.25, 0.3) is 0 Å². The summed E-state index contributed by atoms with van der Waals surface area (Å²) in [7, 11) is 1.31. The van der Waals surface area contributed by atoms with Crippen molar-refractivity contribution in [3.63, 3.8) is 0 Å². The van der Waals surface area contributed by atoms with E-state index >= 15 is 0 Å². The number of methoxy groups -OCH3 is 1. The molecule has 0 aromatic heterocycles. The fourth-order valence-corrected chi connectivity index (χ4v) is 5.17. The fraction of sp³-hybridized carbons (Fsp3) is 0.462. The molecule has 1 unspecified atom stereocenters. The summed E-state index contributed by atoms with van der Waals surface area (Å²) in [6, 6.07) is 12.7. The third-order valence-electron chi connectivity index (χ3n) is 7.15. The molecule has 2 aliphatic rings. The molecule has 2 aliphatic heterocycles. The van der Waals surface area contributed by atoms with Crippen LogP contribution in [0.2, 0.25) is 0 Å². The smallest absolute Gasteiger partial charge is 0.416 e. The lowest BCUT2D eigenvalue weighted by molar-refractivity contribution is -0.148. The van der Waals surface area contributed by atoms with Crippen LogP contribution in [0.3, 0.4) is 0 Å². The van der Waals surface area contributed by atoms with Crippen molar-refractivity contribution in [3.8, 4) is 0 Å². The maximum atomic E-state index is 13.0. The first kappa shape index (κ1) is 26.0. The van der Waals surface area contributed by atoms with Gasteiger partial charge in [-0.15, -0.1) is 0 Å². The van der Waals surface area contributed by atoms with Crippen molar-refractivity contribution >= 4 is 17.9 Å². The van der Waals surface area contributed by atoms with Crippen LogP contribution in [0.25, 0.3) is 0 Å². The standard InChI is InChI=1S/C26H32F3N5O2/c1-36-25(35)24(20-4-6-21(7-5-20)26(27,28)29)34-12-10-23(11-13-34)33-16-14-32(15-17-33)22-8-2-19(3-9-22)18-31-30/h2-9,18,23-24H,10-17,30H2,1H3. The van der Waals surface area contributed by atoms with Gasteiger partial charge in [-0.3, -0.25) is 9.80 Å². The molecule has 0 aliphatic carbocycles. The van der Waals surface area contributed by atoms with Crippen molar-refractivity contribution < 1.29 is 22.7 Å². The van der Waals surface area contributed by atoms with E-state index in [9.17, 15) is 18.0 Å². The van der Waals surface area contributed by atoms with Gasteiger partial charge in [0.1, 0.15) is 6.04 Å². The number of likely N-dealkylation sites (tertiary alicyclic amines) is 1. The summed E-state index contributed by atoms with van der Waals surface area (Å²) in [6.07, 6.45) is -1.01. The molecule has 2 heterocycles. The van der Waals surface area contributed by atoms with Gasteiger partial charge in [-0.05, 0) is 48.2 Å². The molecule has 2 fully saturated rings. The first-order chi connectivity index (χ1) is 17.3. The summed E-state index contributed by atoms with van der Waals surface area (Å²) < 4.78 is 43.9. The Bertz CT molecular complexity index is 1030. The molecule has 0 bridgehead atoms. The van der Waals surface area contributed by atoms with E-state index in [1.54, 1.807) is 6.21 Å². The third-order valence-corrected chi connectivity index (χ3v) is 7.15. The summed E-state index contributed by atoms with van der Waals surface area (Å²) >= 11 is 0. The molecule has 0 saturated carbocycles. The molecule has 0 amide bonds. The lowest BCUT2D eigenvalue weighted by Gasteiger charge is -2.44. The van der Waals surface area contributed by atoms with Crippen molar-refractivity contribution in [2.24, 2.45) is 10.9 Å². The minimum atomic E-state index is -4.41. The van der Waals surface area contributed by atoms with Gasteiger partial charge in [-0.1, -0.05) is 24.3 Å². The van der Waals surface area contributed by atoms with Crippen LogP contribution in [0.15, 0.2) is 53.6 Å². The Morgan fingerprint density at radius 1 is 1.00 bits per heavy atom. The highest BCUT2D eigenvalue weighted by Gasteiger charge is 2.35. The van der Waals surface area contributed by atoms with Gasteiger partial charge >= 0.3 is 12.1 Å². The molecule has 10 heteroatoms. The maximum absolute atomic E-state index is 13.0. The monoisotopic (exact) mass is 503 g/mol. The zero-order valence-corrected chi connectivity index (χ0v) is 20.3. The highest BCUT2D eigenvalue weighted by atomic mass is 19.4. The summed E-state index contributed by atoms with van der Waals surface area (Å²) in [5.41, 5.74) is 1.93. The zero-order chi connectivity index (χ0) is 25.7. The molecular weight excluding hydrogens is 471 g/mol. The van der Waals surface area contributed by atoms with Crippen molar-refractivity contribution in [1.29, 1.82) is 0 Å². The van der Waals surface area contributed by atoms with E-state index in [4.69, 9.17) is 10.6 Å². The van der Waals surface area contributed by atoms with Crippen LogP contribution in [-0.2, 0) is 15.7 Å². The van der Waals surface area contributed by atoms with Crippen molar-refractivity contribution in [1.82, 2.24) is 9.80 Å². The molecule has 2 aromatic carbocycles. The molecule has 2 N–H and O–H groups in total. The van der Waals surface area contributed by atoms with Crippen LogP contribution in [0.1, 0.15) is 35.6 Å². The van der Waals surface area contributed by atoms with Crippen LogP contribution >= 0.6 is 0 Å². The number of hydrogen-bond donors (Lipinski definition) is 1. The van der Waals surface area contributed by atoms with Crippen LogP contribution in [-0.4, -0.2) is 74.4 Å². The van der Waals surface area contributed by atoms with E-state index < -0.39 is 23.8 Å². The van der Waals surface area contributed by atoms with Crippen molar-refractivity contribution in [3.05, 3.63) is 65.2 Å². The third kappa shape index (κ3) is 5.99. The van der Waals surface area contributed by atoms with Crippen LogP contribution in [0.5, 0.6) is 0 Å². The van der Waals surface area contributed by atoms with E-state index in [1.165, 1.54) is 24.9 Å². The molecule has 1 atom stereocenters. The first-order valence-corrected chi connectivity index (χ1v) is 12.1. The topological polar surface area (TPSA) is 74.4 Å². The average molecular weight is 504 g/mol. The number of nitrogens with two attached hydrogens (primary N) is 1. The summed E-state index contributed by atoms with van der Waals surface area (Å²) in [4.78, 5) is 19.5. The predicted octanol–water partition coefficient (Wildman–Crippen LogP) is 3.50. The summed E-state index contributed by atoms with van der Waals surface area (Å²) in [5.74, 6) is 4.76. The minimum absolute atomic E-state index is 0.414. The van der Waals surface area contributed by atoms with Gasteiger partial charge in [-0.25, -0.2) is 4.79 Å². The molecule has 194 valence electrons. The molecule has 36 heavy (non-hydrogen) atoms. The Morgan fingerprint density at radius 3 is 2.14 bits per heavy atom. The van der Waals surface area contributed by atoms with E-state index in [0.29, 0.717) is 24.7 Å². The number of alkyl halides is 3. The quantitative estimate of drug-likeness (QED) is 0.282. The summed E-state index contributed by atoms with van der Waals surface area (Å²) in [6.45, 7) is 5.12. The molecule has 0 radical (unpaired) electrons. The fourth-order valence-electron chi connectivity index (χ4n) is 5.17. The van der Waals surface area contributed by atoms with E-state index in [-0.39, 0.29) is 0 Å². The molecule has 2 aromatic rings. The normalized spacial score (nSPS) is 19.5. The first-order valence-electron chi connectivity index (χ1n) is 12.1. The number of halogens is 3. The Labute approximate surface area is 209 Å². The number of nitrogens with zero attached hydrogens (tertiary/aromatic N) is 4. The maximum Gasteiger partial charge on any atom is 0.416 e. The van der Waals surface area contributed by atoms with Crippen LogP contribution < -0.4 is 10.7 Å². The highest BCUT2D eigenvalue weighted by molar-refractivity contribution is 5.80. The minimum Gasteiger partial charge on any atom is -0.468 e. The van der Waals surface area contributed by atoms with Gasteiger partial charge in [0, 0.05) is 51.0 Å².